The molecule has 1 atom stereocenters. The van der Waals surface area contributed by atoms with Crippen LogP contribution in [0.4, 0.5) is 0 Å². The van der Waals surface area contributed by atoms with Crippen molar-refractivity contribution < 1.29 is 4.74 Å². The van der Waals surface area contributed by atoms with Crippen LogP contribution in [0.1, 0.15) is 38.5 Å². The summed E-state index contributed by atoms with van der Waals surface area (Å²) in [6.45, 7) is 4.79. The van der Waals surface area contributed by atoms with Crippen LogP contribution in [0.25, 0.3) is 0 Å². The molecule has 0 aromatic heterocycles. The highest BCUT2D eigenvalue weighted by Crippen LogP contribution is 2.21. The molecular formula is C12H25N3O. The van der Waals surface area contributed by atoms with Crippen LogP contribution < -0.4 is 11.2 Å². The molecule has 94 valence electrons. The molecule has 4 heteroatoms. The second-order valence-corrected chi connectivity index (χ2v) is 5.11. The van der Waals surface area contributed by atoms with E-state index in [4.69, 9.17) is 10.5 Å². The molecule has 0 saturated carbocycles. The van der Waals surface area contributed by atoms with Crippen molar-refractivity contribution in [3.63, 3.8) is 0 Å². The third kappa shape index (κ3) is 3.17. The molecule has 2 aliphatic rings. The molecular weight excluding hydrogens is 202 g/mol. The van der Waals surface area contributed by atoms with Crippen molar-refractivity contribution >= 4 is 0 Å². The van der Waals surface area contributed by atoms with Gasteiger partial charge in [-0.05, 0) is 32.1 Å². The summed E-state index contributed by atoms with van der Waals surface area (Å²) in [6.07, 6.45) is 7.29. The van der Waals surface area contributed by atoms with Gasteiger partial charge < -0.3 is 10.5 Å². The summed E-state index contributed by atoms with van der Waals surface area (Å²) in [5.41, 5.74) is 9.76. The molecule has 0 aromatic rings. The van der Waals surface area contributed by atoms with Gasteiger partial charge in [0.2, 0.25) is 0 Å². The summed E-state index contributed by atoms with van der Waals surface area (Å²) in [4.78, 5) is 0. The molecule has 2 fully saturated rings. The molecule has 16 heavy (non-hydrogen) atoms. The van der Waals surface area contributed by atoms with Crippen LogP contribution >= 0.6 is 0 Å². The molecule has 3 N–H and O–H groups in total. The molecule has 2 heterocycles. The van der Waals surface area contributed by atoms with Gasteiger partial charge in [-0.3, -0.25) is 0 Å². The predicted octanol–water partition coefficient (Wildman–Crippen LogP) is 0.875. The van der Waals surface area contributed by atoms with E-state index in [1.54, 1.807) is 0 Å². The van der Waals surface area contributed by atoms with Crippen molar-refractivity contribution in [3.8, 4) is 0 Å². The number of nitrogens with two attached hydrogens (primary N) is 1. The first-order valence-electron chi connectivity index (χ1n) is 6.65. The minimum Gasteiger partial charge on any atom is -0.381 e. The maximum absolute atomic E-state index is 5.98. The van der Waals surface area contributed by atoms with Gasteiger partial charge in [0.1, 0.15) is 0 Å². The second kappa shape index (κ2) is 5.96. The average Bonchev–Trinajstić information content (AvgIpc) is 2.57. The molecule has 0 aliphatic carbocycles. The molecule has 0 amide bonds. The van der Waals surface area contributed by atoms with E-state index < -0.39 is 0 Å². The van der Waals surface area contributed by atoms with E-state index in [-0.39, 0.29) is 5.54 Å². The summed E-state index contributed by atoms with van der Waals surface area (Å²) in [5, 5.41) is 2.38. The van der Waals surface area contributed by atoms with Crippen LogP contribution in [-0.2, 0) is 4.74 Å². The summed E-state index contributed by atoms with van der Waals surface area (Å²) < 4.78 is 5.53. The highest BCUT2D eigenvalue weighted by molar-refractivity contribution is 4.89. The molecule has 0 aromatic carbocycles. The van der Waals surface area contributed by atoms with E-state index in [9.17, 15) is 0 Å². The van der Waals surface area contributed by atoms with E-state index in [2.05, 4.69) is 10.4 Å². The van der Waals surface area contributed by atoms with Gasteiger partial charge in [0.05, 0.1) is 0 Å². The van der Waals surface area contributed by atoms with Gasteiger partial charge in [-0.25, -0.2) is 10.4 Å². The molecule has 2 aliphatic heterocycles. The first kappa shape index (κ1) is 12.3. The largest absolute Gasteiger partial charge is 0.381 e. The van der Waals surface area contributed by atoms with Crippen LogP contribution in [0.3, 0.4) is 0 Å². The SMILES string of the molecule is NCC1(NN2CCCCC2)CCCOCC1. The lowest BCUT2D eigenvalue weighted by molar-refractivity contribution is 0.0678. The normalized spacial score (nSPS) is 33.6. The Morgan fingerprint density at radius 1 is 1.06 bits per heavy atom. The Kier molecular flexibility index (Phi) is 4.58. The molecule has 0 bridgehead atoms. The number of nitrogens with one attached hydrogen (secondary N) is 1. The summed E-state index contributed by atoms with van der Waals surface area (Å²) in [7, 11) is 0. The molecule has 0 spiro atoms. The molecule has 2 rings (SSSR count). The van der Waals surface area contributed by atoms with Crippen LogP contribution in [-0.4, -0.2) is 43.4 Å². The minimum absolute atomic E-state index is 0.0911. The van der Waals surface area contributed by atoms with Crippen molar-refractivity contribution in [1.29, 1.82) is 0 Å². The Morgan fingerprint density at radius 3 is 2.62 bits per heavy atom. The number of rotatable bonds is 3. The third-order valence-corrected chi connectivity index (χ3v) is 3.81. The van der Waals surface area contributed by atoms with Gasteiger partial charge in [0, 0.05) is 38.4 Å². The Balaban J connectivity index is 1.90. The predicted molar refractivity (Wildman–Crippen MR) is 65.0 cm³/mol. The van der Waals surface area contributed by atoms with E-state index in [0.29, 0.717) is 6.54 Å². The Bertz CT molecular complexity index is 196. The van der Waals surface area contributed by atoms with Gasteiger partial charge in [0.15, 0.2) is 0 Å². The van der Waals surface area contributed by atoms with Crippen LogP contribution in [0.15, 0.2) is 0 Å². The summed E-state index contributed by atoms with van der Waals surface area (Å²) in [6, 6.07) is 0. The zero-order valence-corrected chi connectivity index (χ0v) is 10.2. The van der Waals surface area contributed by atoms with Crippen LogP contribution in [0.2, 0.25) is 0 Å². The number of piperidine rings is 1. The number of hydrogen-bond acceptors (Lipinski definition) is 4. The fraction of sp³-hybridized carbons (Fsp3) is 1.00. The van der Waals surface area contributed by atoms with Crippen molar-refractivity contribution in [2.45, 2.75) is 44.1 Å². The number of nitrogens with zero attached hydrogens (tertiary/aromatic N) is 1. The quantitative estimate of drug-likeness (QED) is 0.751. The topological polar surface area (TPSA) is 50.5 Å². The third-order valence-electron chi connectivity index (χ3n) is 3.81. The highest BCUT2D eigenvalue weighted by atomic mass is 16.5. The monoisotopic (exact) mass is 227 g/mol. The first-order chi connectivity index (χ1) is 7.85. The Morgan fingerprint density at radius 2 is 1.88 bits per heavy atom. The molecule has 1 unspecified atom stereocenters. The van der Waals surface area contributed by atoms with Crippen molar-refractivity contribution in [2.24, 2.45) is 5.73 Å². The van der Waals surface area contributed by atoms with Gasteiger partial charge in [-0.1, -0.05) is 6.42 Å². The lowest BCUT2D eigenvalue weighted by Gasteiger charge is -2.39. The van der Waals surface area contributed by atoms with Crippen molar-refractivity contribution in [1.82, 2.24) is 10.4 Å². The maximum Gasteiger partial charge on any atom is 0.0484 e. The van der Waals surface area contributed by atoms with E-state index in [1.807, 2.05) is 0 Å². The Labute approximate surface area is 98.5 Å². The fourth-order valence-corrected chi connectivity index (χ4v) is 2.71. The van der Waals surface area contributed by atoms with Gasteiger partial charge in [0.25, 0.3) is 0 Å². The zero-order chi connectivity index (χ0) is 11.3. The lowest BCUT2D eigenvalue weighted by Crippen LogP contribution is -2.59. The average molecular weight is 227 g/mol. The molecule has 0 radical (unpaired) electrons. The summed E-state index contributed by atoms with van der Waals surface area (Å²) in [5.74, 6) is 0. The maximum atomic E-state index is 5.98. The zero-order valence-electron chi connectivity index (χ0n) is 10.2. The molecule has 4 nitrogen and oxygen atoms in total. The smallest absolute Gasteiger partial charge is 0.0484 e. The van der Waals surface area contributed by atoms with Crippen LogP contribution in [0.5, 0.6) is 0 Å². The number of hydrogen-bond donors (Lipinski definition) is 2. The fourth-order valence-electron chi connectivity index (χ4n) is 2.71. The van der Waals surface area contributed by atoms with Crippen molar-refractivity contribution in [3.05, 3.63) is 0 Å². The van der Waals surface area contributed by atoms with E-state index >= 15 is 0 Å². The van der Waals surface area contributed by atoms with Gasteiger partial charge in [-0.2, -0.15) is 0 Å². The van der Waals surface area contributed by atoms with Crippen LogP contribution in [0, 0.1) is 0 Å². The number of ether oxygens (including phenoxy) is 1. The van der Waals surface area contributed by atoms with E-state index in [1.165, 1.54) is 32.4 Å². The Hall–Kier alpha value is -0.160. The van der Waals surface area contributed by atoms with Gasteiger partial charge >= 0.3 is 0 Å². The highest BCUT2D eigenvalue weighted by Gasteiger charge is 2.31. The summed E-state index contributed by atoms with van der Waals surface area (Å²) >= 11 is 0. The van der Waals surface area contributed by atoms with Crippen molar-refractivity contribution in [2.75, 3.05) is 32.8 Å². The minimum atomic E-state index is 0.0911. The lowest BCUT2D eigenvalue weighted by atomic mass is 9.91. The first-order valence-corrected chi connectivity index (χ1v) is 6.65. The van der Waals surface area contributed by atoms with Gasteiger partial charge in [-0.15, -0.1) is 0 Å². The second-order valence-electron chi connectivity index (χ2n) is 5.11. The standard InChI is InChI=1S/C12H25N3O/c13-11-12(5-4-9-16-10-6-12)14-15-7-2-1-3-8-15/h14H,1-11,13H2. The van der Waals surface area contributed by atoms with E-state index in [0.717, 1.165) is 32.5 Å². The number of hydrazine groups is 1. The molecule has 2 saturated heterocycles.